The van der Waals surface area contributed by atoms with Gasteiger partial charge in [0.2, 0.25) is 5.91 Å². The Morgan fingerprint density at radius 1 is 1.43 bits per heavy atom. The van der Waals surface area contributed by atoms with Crippen LogP contribution in [0.5, 0.6) is 5.75 Å². The summed E-state index contributed by atoms with van der Waals surface area (Å²) in [5.41, 5.74) is 5.54. The van der Waals surface area contributed by atoms with Crippen molar-refractivity contribution in [1.82, 2.24) is 10.3 Å². The lowest BCUT2D eigenvalue weighted by molar-refractivity contribution is -0.125. The largest absolute Gasteiger partial charge is 0.490 e. The lowest BCUT2D eigenvalue weighted by atomic mass is 10.0. The van der Waals surface area contributed by atoms with E-state index in [1.54, 1.807) is 13.1 Å². The highest BCUT2D eigenvalue weighted by Crippen LogP contribution is 2.26. The minimum atomic E-state index is -0.856. The van der Waals surface area contributed by atoms with Gasteiger partial charge < -0.3 is 10.5 Å². The molecule has 0 saturated heterocycles. The Bertz CT molecular complexity index is 664. The molecule has 110 valence electrons. The molecule has 1 aromatic carbocycles. The van der Waals surface area contributed by atoms with E-state index in [0.717, 1.165) is 23.7 Å². The molecule has 21 heavy (non-hydrogen) atoms. The van der Waals surface area contributed by atoms with Crippen molar-refractivity contribution in [3.05, 3.63) is 36.5 Å². The highest BCUT2D eigenvalue weighted by atomic mass is 16.5. The first-order valence-corrected chi connectivity index (χ1v) is 7.13. The standard InChI is InChI=1S/C16H19N3O2/c1-16(15(17)20,19-11-7-8-11)10-21-14-6-2-5-13-12(14)4-3-9-18-13/h2-6,9,11,19H,7-8,10H2,1H3,(H2,17,20). The van der Waals surface area contributed by atoms with Crippen molar-refractivity contribution >= 4 is 16.8 Å². The van der Waals surface area contributed by atoms with E-state index in [2.05, 4.69) is 10.3 Å². The van der Waals surface area contributed by atoms with Crippen molar-refractivity contribution in [2.45, 2.75) is 31.3 Å². The molecule has 0 radical (unpaired) electrons. The average molecular weight is 285 g/mol. The minimum absolute atomic E-state index is 0.201. The van der Waals surface area contributed by atoms with Crippen LogP contribution in [0.25, 0.3) is 10.9 Å². The van der Waals surface area contributed by atoms with Crippen LogP contribution < -0.4 is 15.8 Å². The lowest BCUT2D eigenvalue weighted by Crippen LogP contribution is -2.57. The Hall–Kier alpha value is -2.14. The summed E-state index contributed by atoms with van der Waals surface area (Å²) < 4.78 is 5.87. The molecule has 3 rings (SSSR count). The topological polar surface area (TPSA) is 77.2 Å². The van der Waals surface area contributed by atoms with Gasteiger partial charge in [-0.3, -0.25) is 15.1 Å². The summed E-state index contributed by atoms with van der Waals surface area (Å²) in [7, 11) is 0. The minimum Gasteiger partial charge on any atom is -0.490 e. The van der Waals surface area contributed by atoms with Crippen LogP contribution in [0, 0.1) is 0 Å². The zero-order valence-electron chi connectivity index (χ0n) is 12.0. The predicted octanol–water partition coefficient (Wildman–Crippen LogP) is 1.61. The summed E-state index contributed by atoms with van der Waals surface area (Å²) in [6.45, 7) is 1.99. The highest BCUT2D eigenvalue weighted by Gasteiger charge is 2.37. The van der Waals surface area contributed by atoms with Crippen LogP contribution >= 0.6 is 0 Å². The molecule has 1 amide bonds. The van der Waals surface area contributed by atoms with Gasteiger partial charge in [0.15, 0.2) is 0 Å². The molecule has 1 aliphatic rings. The molecule has 0 bridgehead atoms. The van der Waals surface area contributed by atoms with Gasteiger partial charge in [-0.25, -0.2) is 0 Å². The van der Waals surface area contributed by atoms with Gasteiger partial charge in [-0.1, -0.05) is 6.07 Å². The fourth-order valence-corrected chi connectivity index (χ4v) is 2.29. The Morgan fingerprint density at radius 2 is 2.24 bits per heavy atom. The molecule has 1 heterocycles. The van der Waals surface area contributed by atoms with E-state index in [9.17, 15) is 4.79 Å². The molecule has 5 nitrogen and oxygen atoms in total. The molecule has 3 N–H and O–H groups in total. The third kappa shape index (κ3) is 2.97. The summed E-state index contributed by atoms with van der Waals surface area (Å²) in [6.07, 6.45) is 3.91. The first-order chi connectivity index (χ1) is 10.1. The number of nitrogens with two attached hydrogens (primary N) is 1. The van der Waals surface area contributed by atoms with E-state index in [-0.39, 0.29) is 6.61 Å². The molecule has 1 unspecified atom stereocenters. The smallest absolute Gasteiger partial charge is 0.240 e. The highest BCUT2D eigenvalue weighted by molar-refractivity contribution is 5.86. The molecule has 1 atom stereocenters. The first kappa shape index (κ1) is 13.8. The van der Waals surface area contributed by atoms with E-state index in [4.69, 9.17) is 10.5 Å². The Kier molecular flexibility index (Phi) is 3.51. The van der Waals surface area contributed by atoms with Gasteiger partial charge in [0.1, 0.15) is 17.9 Å². The number of amides is 1. The predicted molar refractivity (Wildman–Crippen MR) is 81.0 cm³/mol. The zero-order valence-corrected chi connectivity index (χ0v) is 12.0. The number of hydrogen-bond acceptors (Lipinski definition) is 4. The third-order valence-electron chi connectivity index (χ3n) is 3.77. The van der Waals surface area contributed by atoms with E-state index < -0.39 is 11.4 Å². The van der Waals surface area contributed by atoms with Crippen molar-refractivity contribution in [1.29, 1.82) is 0 Å². The maximum atomic E-state index is 11.7. The second-order valence-electron chi connectivity index (χ2n) is 5.73. The molecule has 0 spiro atoms. The van der Waals surface area contributed by atoms with Crippen molar-refractivity contribution in [2.75, 3.05) is 6.61 Å². The molecular weight excluding hydrogens is 266 g/mol. The molecule has 1 aliphatic carbocycles. The lowest BCUT2D eigenvalue weighted by Gasteiger charge is -2.27. The number of ether oxygens (including phenoxy) is 1. The fourth-order valence-electron chi connectivity index (χ4n) is 2.29. The van der Waals surface area contributed by atoms with Gasteiger partial charge in [-0.15, -0.1) is 0 Å². The second-order valence-corrected chi connectivity index (χ2v) is 5.73. The molecular formula is C16H19N3O2. The third-order valence-corrected chi connectivity index (χ3v) is 3.77. The Balaban J connectivity index is 1.79. The van der Waals surface area contributed by atoms with E-state index in [1.807, 2.05) is 30.3 Å². The van der Waals surface area contributed by atoms with Crippen LogP contribution in [0.4, 0.5) is 0 Å². The quantitative estimate of drug-likeness (QED) is 0.845. The molecule has 1 aromatic heterocycles. The average Bonchev–Trinajstić information content (AvgIpc) is 3.28. The molecule has 0 aliphatic heterocycles. The summed E-state index contributed by atoms with van der Waals surface area (Å²) in [6, 6.07) is 9.89. The maximum absolute atomic E-state index is 11.7. The molecule has 1 fully saturated rings. The van der Waals surface area contributed by atoms with Crippen molar-refractivity contribution in [3.63, 3.8) is 0 Å². The van der Waals surface area contributed by atoms with Crippen molar-refractivity contribution < 1.29 is 9.53 Å². The normalized spacial score (nSPS) is 17.4. The van der Waals surface area contributed by atoms with Gasteiger partial charge in [-0.2, -0.15) is 0 Å². The summed E-state index contributed by atoms with van der Waals surface area (Å²) in [4.78, 5) is 16.0. The number of aromatic nitrogens is 1. The van der Waals surface area contributed by atoms with Crippen molar-refractivity contribution in [2.24, 2.45) is 5.73 Å². The van der Waals surface area contributed by atoms with Gasteiger partial charge in [0.05, 0.1) is 5.52 Å². The van der Waals surface area contributed by atoms with Crippen LogP contribution in [-0.4, -0.2) is 29.1 Å². The zero-order chi connectivity index (χ0) is 14.9. The molecule has 1 saturated carbocycles. The number of hydrogen-bond donors (Lipinski definition) is 2. The number of nitrogens with one attached hydrogen (secondary N) is 1. The number of nitrogens with zero attached hydrogens (tertiary/aromatic N) is 1. The monoisotopic (exact) mass is 285 g/mol. The SMILES string of the molecule is CC(COc1cccc2ncccc12)(NC1CC1)C(N)=O. The Labute approximate surface area is 123 Å². The van der Waals surface area contributed by atoms with Crippen LogP contribution in [0.3, 0.4) is 0 Å². The van der Waals surface area contributed by atoms with Crippen LogP contribution in [0.15, 0.2) is 36.5 Å². The number of pyridine rings is 1. The number of primary amides is 1. The molecule has 2 aromatic rings. The summed E-state index contributed by atoms with van der Waals surface area (Å²) >= 11 is 0. The number of carbonyl (C=O) groups excluding carboxylic acids is 1. The maximum Gasteiger partial charge on any atom is 0.240 e. The van der Waals surface area contributed by atoms with E-state index >= 15 is 0 Å². The van der Waals surface area contributed by atoms with Gasteiger partial charge in [-0.05, 0) is 44.0 Å². The van der Waals surface area contributed by atoms with Crippen LogP contribution in [0.2, 0.25) is 0 Å². The summed E-state index contributed by atoms with van der Waals surface area (Å²) in [5.74, 6) is 0.318. The van der Waals surface area contributed by atoms with Crippen molar-refractivity contribution in [3.8, 4) is 5.75 Å². The summed E-state index contributed by atoms with van der Waals surface area (Å²) in [5, 5.41) is 4.20. The van der Waals surface area contributed by atoms with Crippen LogP contribution in [0.1, 0.15) is 19.8 Å². The Morgan fingerprint density at radius 3 is 2.95 bits per heavy atom. The van der Waals surface area contributed by atoms with Gasteiger partial charge >= 0.3 is 0 Å². The fraction of sp³-hybridized carbons (Fsp3) is 0.375. The first-order valence-electron chi connectivity index (χ1n) is 7.13. The number of rotatable bonds is 6. The second kappa shape index (κ2) is 5.33. The number of carbonyl (C=O) groups is 1. The van der Waals surface area contributed by atoms with E-state index in [0.29, 0.717) is 11.8 Å². The molecule has 5 heteroatoms. The van der Waals surface area contributed by atoms with Gasteiger partial charge in [0.25, 0.3) is 0 Å². The number of fused-ring (bicyclic) bond motifs is 1. The van der Waals surface area contributed by atoms with E-state index in [1.165, 1.54) is 0 Å². The number of benzene rings is 1. The van der Waals surface area contributed by atoms with Crippen LogP contribution in [-0.2, 0) is 4.79 Å². The van der Waals surface area contributed by atoms with Gasteiger partial charge in [0, 0.05) is 17.6 Å².